The first-order chi connectivity index (χ1) is 8.69. The molecule has 2 rings (SSSR count). The van der Waals surface area contributed by atoms with Crippen LogP contribution in [0.15, 0.2) is 24.3 Å². The van der Waals surface area contributed by atoms with Crippen LogP contribution in [0, 0.1) is 0 Å². The maximum absolute atomic E-state index is 12.1. The van der Waals surface area contributed by atoms with Crippen molar-refractivity contribution in [3.63, 3.8) is 0 Å². The molecule has 6 heteroatoms. The van der Waals surface area contributed by atoms with Gasteiger partial charge in [0.2, 0.25) is 0 Å². The largest absolute Gasteiger partial charge is 0.435 e. The van der Waals surface area contributed by atoms with Crippen LogP contribution < -0.4 is 4.74 Å². The molecule has 0 spiro atoms. The van der Waals surface area contributed by atoms with E-state index < -0.39 is 6.61 Å². The molecule has 0 aliphatic rings. The van der Waals surface area contributed by atoms with Gasteiger partial charge in [0.1, 0.15) is 11.6 Å². The molecule has 1 heterocycles. The van der Waals surface area contributed by atoms with Crippen molar-refractivity contribution in [1.29, 1.82) is 0 Å². The van der Waals surface area contributed by atoms with E-state index in [-0.39, 0.29) is 5.75 Å². The molecule has 0 amide bonds. The Bertz CT molecular complexity index is 514. The summed E-state index contributed by atoms with van der Waals surface area (Å²) in [7, 11) is 0. The van der Waals surface area contributed by atoms with E-state index in [1.165, 1.54) is 12.1 Å². The first-order valence-corrected chi connectivity index (χ1v) is 5.65. The SMILES string of the molecule is CCCc1nc(-c2cccc(OC(F)F)c2)n[nH]1. The van der Waals surface area contributed by atoms with Crippen molar-refractivity contribution in [2.75, 3.05) is 0 Å². The fraction of sp³-hybridized carbons (Fsp3) is 0.333. The number of aryl methyl sites for hydroxylation is 1. The number of alkyl halides is 2. The van der Waals surface area contributed by atoms with E-state index in [1.807, 2.05) is 6.92 Å². The summed E-state index contributed by atoms with van der Waals surface area (Å²) >= 11 is 0. The van der Waals surface area contributed by atoms with Gasteiger partial charge in [-0.25, -0.2) is 4.98 Å². The Morgan fingerprint density at radius 2 is 2.22 bits per heavy atom. The summed E-state index contributed by atoms with van der Waals surface area (Å²) in [5, 5.41) is 6.86. The summed E-state index contributed by atoms with van der Waals surface area (Å²) in [4.78, 5) is 4.28. The molecular weight excluding hydrogens is 240 g/mol. The molecule has 0 saturated carbocycles. The van der Waals surface area contributed by atoms with Crippen LogP contribution in [0.1, 0.15) is 19.2 Å². The Morgan fingerprint density at radius 3 is 2.94 bits per heavy atom. The van der Waals surface area contributed by atoms with Crippen LogP contribution in [0.2, 0.25) is 0 Å². The van der Waals surface area contributed by atoms with E-state index in [4.69, 9.17) is 0 Å². The van der Waals surface area contributed by atoms with Crippen molar-refractivity contribution in [1.82, 2.24) is 15.2 Å². The summed E-state index contributed by atoms with van der Waals surface area (Å²) < 4.78 is 28.5. The van der Waals surface area contributed by atoms with Crippen LogP contribution in [0.4, 0.5) is 8.78 Å². The second-order valence-electron chi connectivity index (χ2n) is 3.76. The molecule has 1 aromatic carbocycles. The van der Waals surface area contributed by atoms with Crippen molar-refractivity contribution in [3.8, 4) is 17.1 Å². The number of halogens is 2. The third-order valence-electron chi connectivity index (χ3n) is 2.34. The van der Waals surface area contributed by atoms with Crippen LogP contribution >= 0.6 is 0 Å². The lowest BCUT2D eigenvalue weighted by Gasteiger charge is -2.04. The highest BCUT2D eigenvalue weighted by Gasteiger charge is 2.08. The molecule has 4 nitrogen and oxygen atoms in total. The average Bonchev–Trinajstić information content (AvgIpc) is 2.78. The van der Waals surface area contributed by atoms with E-state index in [9.17, 15) is 8.78 Å². The molecule has 0 aliphatic heterocycles. The first-order valence-electron chi connectivity index (χ1n) is 5.65. The molecule has 18 heavy (non-hydrogen) atoms. The number of H-pyrrole nitrogens is 1. The molecule has 1 aromatic heterocycles. The number of nitrogens with zero attached hydrogens (tertiary/aromatic N) is 2. The van der Waals surface area contributed by atoms with E-state index in [0.29, 0.717) is 11.4 Å². The lowest BCUT2D eigenvalue weighted by atomic mass is 10.2. The third kappa shape index (κ3) is 3.03. The number of aromatic nitrogens is 3. The van der Waals surface area contributed by atoms with Crippen LogP contribution in [-0.2, 0) is 6.42 Å². The molecule has 0 radical (unpaired) electrons. The Hall–Kier alpha value is -1.98. The summed E-state index contributed by atoms with van der Waals surface area (Å²) in [6, 6.07) is 6.33. The van der Waals surface area contributed by atoms with E-state index in [1.54, 1.807) is 12.1 Å². The van der Waals surface area contributed by atoms with Crippen LogP contribution in [0.3, 0.4) is 0 Å². The Balaban J connectivity index is 2.21. The highest BCUT2D eigenvalue weighted by Crippen LogP contribution is 2.22. The molecular formula is C12H13F2N3O. The second-order valence-corrected chi connectivity index (χ2v) is 3.76. The minimum Gasteiger partial charge on any atom is -0.435 e. The zero-order valence-electron chi connectivity index (χ0n) is 9.86. The summed E-state index contributed by atoms with van der Waals surface area (Å²) in [6.45, 7) is -0.790. The van der Waals surface area contributed by atoms with Crippen molar-refractivity contribution in [3.05, 3.63) is 30.1 Å². The number of nitrogens with one attached hydrogen (secondary N) is 1. The minimum absolute atomic E-state index is 0.101. The van der Waals surface area contributed by atoms with Crippen molar-refractivity contribution in [2.45, 2.75) is 26.4 Å². The minimum atomic E-state index is -2.83. The fourth-order valence-electron chi connectivity index (χ4n) is 1.58. The predicted octanol–water partition coefficient (Wildman–Crippen LogP) is 3.03. The summed E-state index contributed by atoms with van der Waals surface area (Å²) in [6.07, 6.45) is 1.77. The van der Waals surface area contributed by atoms with Gasteiger partial charge < -0.3 is 4.74 Å². The second kappa shape index (κ2) is 5.57. The predicted molar refractivity (Wildman–Crippen MR) is 62.4 cm³/mol. The van der Waals surface area contributed by atoms with Gasteiger partial charge >= 0.3 is 6.61 Å². The summed E-state index contributed by atoms with van der Waals surface area (Å²) in [5.74, 6) is 1.37. The first kappa shape index (κ1) is 12.5. The van der Waals surface area contributed by atoms with Crippen molar-refractivity contribution >= 4 is 0 Å². The number of ether oxygens (including phenoxy) is 1. The van der Waals surface area contributed by atoms with Gasteiger partial charge in [-0.15, -0.1) is 0 Å². The molecule has 1 N–H and O–H groups in total. The lowest BCUT2D eigenvalue weighted by molar-refractivity contribution is -0.0498. The average molecular weight is 253 g/mol. The number of aromatic amines is 1. The smallest absolute Gasteiger partial charge is 0.387 e. The topological polar surface area (TPSA) is 50.8 Å². The maximum atomic E-state index is 12.1. The van der Waals surface area contributed by atoms with E-state index in [2.05, 4.69) is 19.9 Å². The van der Waals surface area contributed by atoms with Gasteiger partial charge in [0, 0.05) is 12.0 Å². The van der Waals surface area contributed by atoms with Gasteiger partial charge in [0.25, 0.3) is 0 Å². The van der Waals surface area contributed by atoms with Gasteiger partial charge in [-0.2, -0.15) is 13.9 Å². The molecule has 0 bridgehead atoms. The monoisotopic (exact) mass is 253 g/mol. The zero-order chi connectivity index (χ0) is 13.0. The highest BCUT2D eigenvalue weighted by molar-refractivity contribution is 5.57. The number of benzene rings is 1. The van der Waals surface area contributed by atoms with Gasteiger partial charge in [-0.1, -0.05) is 19.1 Å². The number of rotatable bonds is 5. The third-order valence-corrected chi connectivity index (χ3v) is 2.34. The van der Waals surface area contributed by atoms with Crippen LogP contribution in [0.25, 0.3) is 11.4 Å². The fourth-order valence-corrected chi connectivity index (χ4v) is 1.58. The zero-order valence-corrected chi connectivity index (χ0v) is 9.86. The molecule has 0 fully saturated rings. The molecule has 0 saturated heterocycles. The highest BCUT2D eigenvalue weighted by atomic mass is 19.3. The maximum Gasteiger partial charge on any atom is 0.387 e. The normalized spacial score (nSPS) is 10.9. The van der Waals surface area contributed by atoms with Gasteiger partial charge in [-0.3, -0.25) is 5.10 Å². The Kier molecular flexibility index (Phi) is 3.86. The molecule has 0 unspecified atom stereocenters. The van der Waals surface area contributed by atoms with Crippen molar-refractivity contribution < 1.29 is 13.5 Å². The number of hydrogen-bond acceptors (Lipinski definition) is 3. The quantitative estimate of drug-likeness (QED) is 0.891. The lowest BCUT2D eigenvalue weighted by Crippen LogP contribution is -2.01. The Morgan fingerprint density at radius 1 is 1.39 bits per heavy atom. The van der Waals surface area contributed by atoms with Gasteiger partial charge in [0.05, 0.1) is 0 Å². The van der Waals surface area contributed by atoms with Crippen LogP contribution in [0.5, 0.6) is 5.75 Å². The molecule has 96 valence electrons. The van der Waals surface area contributed by atoms with Gasteiger partial charge in [-0.05, 0) is 18.6 Å². The van der Waals surface area contributed by atoms with E-state index >= 15 is 0 Å². The summed E-state index contributed by atoms with van der Waals surface area (Å²) in [5.41, 5.74) is 0.645. The number of hydrogen-bond donors (Lipinski definition) is 1. The van der Waals surface area contributed by atoms with Crippen molar-refractivity contribution in [2.24, 2.45) is 0 Å². The van der Waals surface area contributed by atoms with Gasteiger partial charge in [0.15, 0.2) is 5.82 Å². The Labute approximate surface area is 103 Å². The molecule has 0 aliphatic carbocycles. The molecule has 2 aromatic rings. The molecule has 0 atom stereocenters. The van der Waals surface area contributed by atoms with E-state index in [0.717, 1.165) is 18.7 Å². The van der Waals surface area contributed by atoms with Crippen LogP contribution in [-0.4, -0.2) is 21.8 Å². The standard InChI is InChI=1S/C12H13F2N3O/c1-2-4-10-15-11(17-16-10)8-5-3-6-9(7-8)18-12(13)14/h3,5-7,12H,2,4H2,1H3,(H,15,16,17).